The van der Waals surface area contributed by atoms with Crippen molar-refractivity contribution in [3.8, 4) is 23.8 Å². The van der Waals surface area contributed by atoms with Gasteiger partial charge >= 0.3 is 5.97 Å². The predicted octanol–water partition coefficient (Wildman–Crippen LogP) is 8.18. The number of esters is 1. The van der Waals surface area contributed by atoms with Crippen LogP contribution in [0.15, 0.2) is 42.0 Å². The van der Waals surface area contributed by atoms with E-state index in [1.54, 1.807) is 0 Å². The molecule has 5 rings (SSSR count). The van der Waals surface area contributed by atoms with Crippen LogP contribution in [-0.2, 0) is 10.2 Å². The van der Waals surface area contributed by atoms with Gasteiger partial charge in [0.2, 0.25) is 0 Å². The molecule has 0 aliphatic carbocycles. The summed E-state index contributed by atoms with van der Waals surface area (Å²) in [5.74, 6) is 3.60. The van der Waals surface area contributed by atoms with E-state index in [1.807, 2.05) is 18.2 Å². The summed E-state index contributed by atoms with van der Waals surface area (Å²) < 4.78 is 27.0. The average Bonchev–Trinajstić information content (AvgIpc) is 3.00. The minimum Gasteiger partial charge on any atom is -0.483 e. The van der Waals surface area contributed by atoms with E-state index < -0.39 is 11.0 Å². The lowest BCUT2D eigenvalue weighted by atomic mass is 9.72. The van der Waals surface area contributed by atoms with Crippen molar-refractivity contribution in [3.63, 3.8) is 0 Å². The van der Waals surface area contributed by atoms with Crippen LogP contribution in [0.4, 0.5) is 4.39 Å². The van der Waals surface area contributed by atoms with Crippen molar-refractivity contribution in [2.75, 3.05) is 39.3 Å². The van der Waals surface area contributed by atoms with Crippen molar-refractivity contribution in [3.05, 3.63) is 64.5 Å². The molecule has 2 aromatic rings. The van der Waals surface area contributed by atoms with Crippen molar-refractivity contribution in [1.29, 1.82) is 0 Å². The maximum Gasteiger partial charge on any atom is 0.311 e. The lowest BCUT2D eigenvalue weighted by Crippen LogP contribution is -2.42. The number of piperidine rings is 1. The van der Waals surface area contributed by atoms with Gasteiger partial charge in [-0.2, -0.15) is 0 Å². The predicted molar refractivity (Wildman–Crippen MR) is 183 cm³/mol. The number of carbonyl (C=O) groups is 1. The molecule has 3 aliphatic heterocycles. The molecule has 3 aliphatic rings. The minimum absolute atomic E-state index is 0. The Bertz CT molecular complexity index is 1410. The third-order valence-corrected chi connectivity index (χ3v) is 9.84. The number of likely N-dealkylation sites (tertiary alicyclic amines) is 1. The van der Waals surface area contributed by atoms with Crippen LogP contribution in [-0.4, -0.2) is 60.6 Å². The van der Waals surface area contributed by atoms with Gasteiger partial charge in [0.25, 0.3) is 0 Å². The molecule has 3 heterocycles. The first kappa shape index (κ1) is 35.0. The molecule has 5 nitrogen and oxygen atoms in total. The Kier molecular flexibility index (Phi) is 11.8. The maximum absolute atomic E-state index is 14.0. The van der Waals surface area contributed by atoms with Gasteiger partial charge in [0.05, 0.1) is 12.1 Å². The van der Waals surface area contributed by atoms with Crippen molar-refractivity contribution < 1.29 is 18.7 Å². The number of rotatable bonds is 11. The molecule has 2 aromatic carbocycles. The van der Waals surface area contributed by atoms with Gasteiger partial charge in [0.15, 0.2) is 0 Å². The average molecular weight is 637 g/mol. The Labute approximate surface area is 275 Å². The molecule has 1 saturated heterocycles. The Morgan fingerprint density at radius 1 is 1.07 bits per heavy atom. The molecule has 0 N–H and O–H groups in total. The first-order chi connectivity index (χ1) is 21.1. The highest BCUT2D eigenvalue weighted by molar-refractivity contribution is 5.86. The third-order valence-electron chi connectivity index (χ3n) is 9.84. The fourth-order valence-corrected chi connectivity index (χ4v) is 7.42. The molecular weight excluding hydrogens is 587 g/mol. The molecule has 0 aromatic heterocycles. The minimum atomic E-state index is -0.504. The molecule has 0 radical (unpaired) electrons. The van der Waals surface area contributed by atoms with E-state index >= 15 is 0 Å². The molecule has 7 heteroatoms. The van der Waals surface area contributed by atoms with Gasteiger partial charge in [0, 0.05) is 24.9 Å². The summed E-state index contributed by atoms with van der Waals surface area (Å²) in [6.45, 7) is 14.1. The smallest absolute Gasteiger partial charge is 0.311 e. The second-order valence-electron chi connectivity index (χ2n) is 13.5. The number of terminal acetylenes is 1. The van der Waals surface area contributed by atoms with Gasteiger partial charge in [-0.1, -0.05) is 44.7 Å². The fourth-order valence-electron chi connectivity index (χ4n) is 7.42. The standard InChI is InChI=1S/C38H49FN2O3.ClH/c1-6-19-38(5,28-14-16-30(39)17-15-28)29-25-33(43-35(42)13-9-12-23-40-21-10-8-11-22-40)36-31-27-41(20-7-2)24-18-32(31)37(3,4)44-34(36)26-29;/h2,14-17,25-26H,6,8-13,18-24,27H2,1,3-5H3;1H. The highest BCUT2D eigenvalue weighted by Crippen LogP contribution is 2.51. The van der Waals surface area contributed by atoms with Crippen molar-refractivity contribution in [2.45, 2.75) is 96.5 Å². The zero-order chi connectivity index (χ0) is 31.3. The molecule has 0 amide bonds. The zero-order valence-electron chi connectivity index (χ0n) is 27.6. The summed E-state index contributed by atoms with van der Waals surface area (Å²) in [6, 6.07) is 10.9. The molecule has 0 bridgehead atoms. The number of fused-ring (bicyclic) bond motifs is 2. The van der Waals surface area contributed by atoms with Crippen LogP contribution in [0.3, 0.4) is 0 Å². The molecule has 0 spiro atoms. The van der Waals surface area contributed by atoms with Crippen LogP contribution < -0.4 is 9.47 Å². The number of ether oxygens (including phenoxy) is 2. The zero-order valence-corrected chi connectivity index (χ0v) is 28.4. The van der Waals surface area contributed by atoms with Gasteiger partial charge in [0.1, 0.15) is 22.9 Å². The SMILES string of the molecule is C#CCN1CCC2=C(C1)c1c(OC(=O)CCCCN3CCCCC3)cc(C(C)(CCC)c3ccc(F)cc3)cc1OC2(C)C.Cl. The van der Waals surface area contributed by atoms with E-state index in [9.17, 15) is 9.18 Å². The molecule has 1 unspecified atom stereocenters. The van der Waals surface area contributed by atoms with Gasteiger partial charge in [-0.15, -0.1) is 18.8 Å². The Morgan fingerprint density at radius 3 is 2.49 bits per heavy atom. The molecule has 1 atom stereocenters. The van der Waals surface area contributed by atoms with Gasteiger partial charge < -0.3 is 14.4 Å². The molecule has 244 valence electrons. The van der Waals surface area contributed by atoms with Crippen LogP contribution in [0.25, 0.3) is 5.57 Å². The first-order valence-electron chi connectivity index (χ1n) is 16.6. The number of hydrogen-bond acceptors (Lipinski definition) is 5. The number of hydrogen-bond donors (Lipinski definition) is 0. The quantitative estimate of drug-likeness (QED) is 0.108. The van der Waals surface area contributed by atoms with Gasteiger partial charge in [-0.3, -0.25) is 9.69 Å². The summed E-state index contributed by atoms with van der Waals surface area (Å²) >= 11 is 0. The van der Waals surface area contributed by atoms with Crippen LogP contribution in [0.5, 0.6) is 11.5 Å². The largest absolute Gasteiger partial charge is 0.483 e. The second-order valence-corrected chi connectivity index (χ2v) is 13.5. The second kappa shape index (κ2) is 15.2. The molecule has 1 fully saturated rings. The summed E-state index contributed by atoms with van der Waals surface area (Å²) in [6.07, 6.45) is 14.4. The lowest BCUT2D eigenvalue weighted by Gasteiger charge is -2.43. The van der Waals surface area contributed by atoms with Crippen LogP contribution in [0, 0.1) is 18.2 Å². The highest BCUT2D eigenvalue weighted by Gasteiger charge is 2.41. The van der Waals surface area contributed by atoms with E-state index in [4.69, 9.17) is 15.9 Å². The van der Waals surface area contributed by atoms with Crippen LogP contribution in [0.1, 0.15) is 102 Å². The van der Waals surface area contributed by atoms with Crippen LogP contribution in [0.2, 0.25) is 0 Å². The van der Waals surface area contributed by atoms with E-state index in [0.717, 1.165) is 73.2 Å². The summed E-state index contributed by atoms with van der Waals surface area (Å²) in [7, 11) is 0. The maximum atomic E-state index is 14.0. The monoisotopic (exact) mass is 636 g/mol. The van der Waals surface area contributed by atoms with Crippen molar-refractivity contribution >= 4 is 23.9 Å². The topological polar surface area (TPSA) is 42.0 Å². The molecule has 0 saturated carbocycles. The van der Waals surface area contributed by atoms with Crippen molar-refractivity contribution in [2.24, 2.45) is 0 Å². The highest BCUT2D eigenvalue weighted by atomic mass is 35.5. The first-order valence-corrected chi connectivity index (χ1v) is 16.6. The Hall–Kier alpha value is -2.85. The number of unbranched alkanes of at least 4 members (excludes halogenated alkanes) is 1. The summed E-state index contributed by atoms with van der Waals surface area (Å²) in [5.41, 5.74) is 4.32. The van der Waals surface area contributed by atoms with Crippen molar-refractivity contribution in [1.82, 2.24) is 9.80 Å². The number of nitrogens with zero attached hydrogens (tertiary/aromatic N) is 2. The fraction of sp³-hybridized carbons (Fsp3) is 0.553. The van der Waals surface area contributed by atoms with Crippen LogP contribution >= 0.6 is 12.4 Å². The van der Waals surface area contributed by atoms with E-state index in [1.165, 1.54) is 50.1 Å². The van der Waals surface area contributed by atoms with Gasteiger partial charge in [-0.25, -0.2) is 4.39 Å². The Morgan fingerprint density at radius 2 is 1.80 bits per heavy atom. The third kappa shape index (κ3) is 7.94. The van der Waals surface area contributed by atoms with E-state index in [-0.39, 0.29) is 24.2 Å². The summed E-state index contributed by atoms with van der Waals surface area (Å²) in [4.78, 5) is 18.2. The van der Waals surface area contributed by atoms with Gasteiger partial charge in [-0.05, 0) is 119 Å². The molecular formula is C38H50ClFN2O3. The number of benzene rings is 2. The summed E-state index contributed by atoms with van der Waals surface area (Å²) in [5, 5.41) is 0. The number of carbonyl (C=O) groups excluding carboxylic acids is 1. The lowest BCUT2D eigenvalue weighted by molar-refractivity contribution is -0.134. The van der Waals surface area contributed by atoms with E-state index in [2.05, 4.69) is 49.5 Å². The normalized spacial score (nSPS) is 19.3. The Balaban J connectivity index is 0.00000461. The number of halogens is 2. The van der Waals surface area contributed by atoms with E-state index in [0.29, 0.717) is 25.3 Å². The molecule has 45 heavy (non-hydrogen) atoms.